The molecular weight excluding hydrogens is 462 g/mol. The van der Waals surface area contributed by atoms with Crippen molar-refractivity contribution in [3.8, 4) is 11.5 Å². The van der Waals surface area contributed by atoms with Gasteiger partial charge in [-0.25, -0.2) is 4.79 Å². The molecule has 0 aliphatic carbocycles. The number of ketones is 1. The van der Waals surface area contributed by atoms with Gasteiger partial charge in [0.2, 0.25) is 0 Å². The highest BCUT2D eigenvalue weighted by atomic mass is 16.5. The lowest BCUT2D eigenvalue weighted by atomic mass is 9.94. The summed E-state index contributed by atoms with van der Waals surface area (Å²) in [5.41, 5.74) is 2.27. The Morgan fingerprint density at radius 3 is 2.53 bits per heavy atom. The Labute approximate surface area is 207 Å². The van der Waals surface area contributed by atoms with Crippen molar-refractivity contribution in [1.82, 2.24) is 0 Å². The molecule has 3 aromatic rings. The first kappa shape index (κ1) is 23.2. The summed E-state index contributed by atoms with van der Waals surface area (Å²) in [6.45, 7) is 2.46. The van der Waals surface area contributed by atoms with E-state index in [1.165, 1.54) is 29.2 Å². The Hall–Kier alpha value is -4.59. The van der Waals surface area contributed by atoms with Crippen LogP contribution >= 0.6 is 0 Å². The minimum absolute atomic E-state index is 0.0505. The number of fused-ring (bicyclic) bond motifs is 1. The first-order valence-corrected chi connectivity index (χ1v) is 11.5. The van der Waals surface area contributed by atoms with Gasteiger partial charge in [0.15, 0.2) is 0 Å². The van der Waals surface area contributed by atoms with Crippen LogP contribution in [0.1, 0.15) is 40.0 Å². The first-order valence-electron chi connectivity index (χ1n) is 11.5. The van der Waals surface area contributed by atoms with E-state index in [1.54, 1.807) is 49.4 Å². The minimum Gasteiger partial charge on any atom is -0.508 e. The number of benzene rings is 3. The largest absolute Gasteiger partial charge is 0.508 e. The topological polar surface area (TPSA) is 113 Å². The van der Waals surface area contributed by atoms with Crippen molar-refractivity contribution in [2.75, 3.05) is 18.1 Å². The van der Waals surface area contributed by atoms with E-state index >= 15 is 0 Å². The molecular formula is C28H23NO7. The number of phenols is 1. The second-order valence-electron chi connectivity index (χ2n) is 8.45. The molecule has 1 amide bonds. The predicted octanol–water partition coefficient (Wildman–Crippen LogP) is 4.13. The lowest BCUT2D eigenvalue weighted by molar-refractivity contribution is -0.132. The standard InChI is InChI=1S/C28H23NO7/c1-2-35-28(34)16-6-9-20(10-7-16)29-24(18-4-3-5-21(30)15-18)23(26(32)27(29)33)25(31)19-8-11-22-17(14-19)12-13-36-22/h3-11,14-15,24,30-31H,2,12-13H2,1H3/b25-23-. The number of aliphatic hydroxyl groups excluding tert-OH is 1. The molecule has 2 aliphatic heterocycles. The average Bonchev–Trinajstić information content (AvgIpc) is 3.46. The molecule has 182 valence electrons. The van der Waals surface area contributed by atoms with Gasteiger partial charge in [0.1, 0.15) is 17.3 Å². The lowest BCUT2D eigenvalue weighted by Crippen LogP contribution is -2.29. The van der Waals surface area contributed by atoms with Gasteiger partial charge in [-0.3, -0.25) is 14.5 Å². The van der Waals surface area contributed by atoms with Crippen LogP contribution in [0.4, 0.5) is 5.69 Å². The Bertz CT molecular complexity index is 1410. The van der Waals surface area contributed by atoms with Crippen molar-refractivity contribution in [2.45, 2.75) is 19.4 Å². The third kappa shape index (κ3) is 3.96. The molecule has 5 rings (SSSR count). The van der Waals surface area contributed by atoms with E-state index < -0.39 is 23.7 Å². The van der Waals surface area contributed by atoms with Crippen LogP contribution in [0.5, 0.6) is 11.5 Å². The summed E-state index contributed by atoms with van der Waals surface area (Å²) >= 11 is 0. The summed E-state index contributed by atoms with van der Waals surface area (Å²) in [5, 5.41) is 21.4. The fourth-order valence-electron chi connectivity index (χ4n) is 4.57. The number of phenolic OH excluding ortho intramolecular Hbond substituents is 1. The van der Waals surface area contributed by atoms with Crippen LogP contribution < -0.4 is 9.64 Å². The molecule has 2 N–H and O–H groups in total. The Morgan fingerprint density at radius 1 is 1.06 bits per heavy atom. The molecule has 3 aromatic carbocycles. The fraction of sp³-hybridized carbons (Fsp3) is 0.179. The number of rotatable bonds is 5. The van der Waals surface area contributed by atoms with Crippen molar-refractivity contribution in [3.05, 3.63) is 94.6 Å². The molecule has 1 fully saturated rings. The van der Waals surface area contributed by atoms with Crippen molar-refractivity contribution in [3.63, 3.8) is 0 Å². The van der Waals surface area contributed by atoms with Crippen LogP contribution in [0.15, 0.2) is 72.3 Å². The summed E-state index contributed by atoms with van der Waals surface area (Å²) in [5.74, 6) is -1.84. The smallest absolute Gasteiger partial charge is 0.338 e. The average molecular weight is 485 g/mol. The molecule has 0 radical (unpaired) electrons. The zero-order valence-electron chi connectivity index (χ0n) is 19.4. The number of hydrogen-bond acceptors (Lipinski definition) is 7. The summed E-state index contributed by atoms with van der Waals surface area (Å²) < 4.78 is 10.5. The van der Waals surface area contributed by atoms with Gasteiger partial charge >= 0.3 is 5.97 Å². The number of aromatic hydroxyl groups is 1. The highest BCUT2D eigenvalue weighted by molar-refractivity contribution is 6.51. The van der Waals surface area contributed by atoms with Gasteiger partial charge in [-0.05, 0) is 72.6 Å². The number of carbonyl (C=O) groups is 3. The van der Waals surface area contributed by atoms with E-state index in [-0.39, 0.29) is 23.7 Å². The molecule has 1 unspecified atom stereocenters. The second-order valence-corrected chi connectivity index (χ2v) is 8.45. The predicted molar refractivity (Wildman–Crippen MR) is 131 cm³/mol. The highest BCUT2D eigenvalue weighted by Gasteiger charge is 2.47. The normalized spacial score (nSPS) is 18.1. The maximum Gasteiger partial charge on any atom is 0.338 e. The van der Waals surface area contributed by atoms with Gasteiger partial charge in [0.25, 0.3) is 11.7 Å². The molecule has 8 heteroatoms. The molecule has 2 heterocycles. The second kappa shape index (κ2) is 9.22. The summed E-state index contributed by atoms with van der Waals surface area (Å²) in [4.78, 5) is 39.9. The summed E-state index contributed by atoms with van der Waals surface area (Å²) in [6, 6.07) is 16.4. The molecule has 0 aromatic heterocycles. The zero-order valence-corrected chi connectivity index (χ0v) is 19.4. The van der Waals surface area contributed by atoms with E-state index in [1.807, 2.05) is 0 Å². The van der Waals surface area contributed by atoms with Crippen molar-refractivity contribution >= 4 is 29.1 Å². The van der Waals surface area contributed by atoms with E-state index in [9.17, 15) is 24.6 Å². The van der Waals surface area contributed by atoms with E-state index in [2.05, 4.69) is 0 Å². The molecule has 0 bridgehead atoms. The molecule has 8 nitrogen and oxygen atoms in total. The fourth-order valence-corrected chi connectivity index (χ4v) is 4.57. The zero-order chi connectivity index (χ0) is 25.4. The van der Waals surface area contributed by atoms with Crippen molar-refractivity contribution < 1.29 is 34.1 Å². The minimum atomic E-state index is -1.00. The van der Waals surface area contributed by atoms with Crippen LogP contribution in [-0.4, -0.2) is 41.1 Å². The molecule has 1 saturated heterocycles. The monoisotopic (exact) mass is 485 g/mol. The third-order valence-electron chi connectivity index (χ3n) is 6.25. The SMILES string of the molecule is CCOC(=O)c1ccc(N2C(=O)C(=O)/C(=C(\O)c3ccc4c(c3)CCO4)C2c2cccc(O)c2)cc1. The maximum absolute atomic E-state index is 13.3. The van der Waals surface area contributed by atoms with Crippen LogP contribution in [0.25, 0.3) is 5.76 Å². The van der Waals surface area contributed by atoms with Crippen LogP contribution in [-0.2, 0) is 20.7 Å². The van der Waals surface area contributed by atoms with Gasteiger partial charge in [-0.1, -0.05) is 12.1 Å². The van der Waals surface area contributed by atoms with Crippen LogP contribution in [0.2, 0.25) is 0 Å². The number of anilines is 1. The number of aliphatic hydroxyl groups is 1. The van der Waals surface area contributed by atoms with E-state index in [4.69, 9.17) is 9.47 Å². The summed E-state index contributed by atoms with van der Waals surface area (Å²) in [6.07, 6.45) is 0.674. The van der Waals surface area contributed by atoms with E-state index in [0.717, 1.165) is 11.3 Å². The van der Waals surface area contributed by atoms with Crippen LogP contribution in [0, 0.1) is 0 Å². The number of hydrogen-bond donors (Lipinski definition) is 2. The van der Waals surface area contributed by atoms with Crippen molar-refractivity contribution in [2.24, 2.45) is 0 Å². The number of esters is 1. The number of Topliss-reactive ketones (excluding diaryl/α,β-unsaturated/α-hetero) is 1. The maximum atomic E-state index is 13.3. The van der Waals surface area contributed by atoms with Gasteiger partial charge in [-0.2, -0.15) is 0 Å². The molecule has 36 heavy (non-hydrogen) atoms. The number of ether oxygens (including phenoxy) is 2. The Balaban J connectivity index is 1.64. The number of nitrogens with zero attached hydrogens (tertiary/aromatic N) is 1. The highest BCUT2D eigenvalue weighted by Crippen LogP contribution is 2.43. The van der Waals surface area contributed by atoms with Crippen LogP contribution in [0.3, 0.4) is 0 Å². The van der Waals surface area contributed by atoms with Gasteiger partial charge < -0.3 is 19.7 Å². The quantitative estimate of drug-likeness (QED) is 0.242. The first-order chi connectivity index (χ1) is 17.4. The molecule has 2 aliphatic rings. The van der Waals surface area contributed by atoms with Gasteiger partial charge in [0.05, 0.1) is 30.4 Å². The van der Waals surface area contributed by atoms with Crippen molar-refractivity contribution in [1.29, 1.82) is 0 Å². The molecule has 1 atom stereocenters. The van der Waals surface area contributed by atoms with Gasteiger partial charge in [0, 0.05) is 17.7 Å². The van der Waals surface area contributed by atoms with E-state index in [0.29, 0.717) is 35.4 Å². The lowest BCUT2D eigenvalue weighted by Gasteiger charge is -2.25. The Morgan fingerprint density at radius 2 is 1.81 bits per heavy atom. The number of amides is 1. The number of carbonyl (C=O) groups excluding carboxylic acids is 3. The summed E-state index contributed by atoms with van der Waals surface area (Å²) in [7, 11) is 0. The Kier molecular flexibility index (Phi) is 5.93. The molecule has 0 spiro atoms. The third-order valence-corrected chi connectivity index (χ3v) is 6.25. The van der Waals surface area contributed by atoms with Gasteiger partial charge in [-0.15, -0.1) is 0 Å². The molecule has 0 saturated carbocycles.